The molecule has 2 aromatic carbocycles. The monoisotopic (exact) mass is 714 g/mol. The number of aliphatic hydroxyl groups excluding tert-OH is 1. The number of rotatable bonds is 7. The van der Waals surface area contributed by atoms with Crippen molar-refractivity contribution in [2.75, 3.05) is 49.6 Å². The summed E-state index contributed by atoms with van der Waals surface area (Å²) in [6, 6.07) is 5.94. The third-order valence-corrected chi connectivity index (χ3v) is 10.8. The molecular weight excluding hydrogens is 681 g/mol. The molecule has 3 aliphatic rings. The van der Waals surface area contributed by atoms with Crippen molar-refractivity contribution in [3.63, 3.8) is 0 Å². The van der Waals surface area contributed by atoms with E-state index in [2.05, 4.69) is 20.2 Å². The van der Waals surface area contributed by atoms with E-state index in [0.717, 1.165) is 36.8 Å². The Morgan fingerprint density at radius 1 is 1.27 bits per heavy atom. The summed E-state index contributed by atoms with van der Waals surface area (Å²) in [5.41, 5.74) is -1.51. The number of alkyl halides is 1. The van der Waals surface area contributed by atoms with Crippen molar-refractivity contribution in [1.29, 1.82) is 5.26 Å². The second kappa shape index (κ2) is 12.5. The van der Waals surface area contributed by atoms with Crippen LogP contribution in [0.3, 0.4) is 0 Å². The minimum Gasteiger partial charge on any atom is -0.461 e. The summed E-state index contributed by atoms with van der Waals surface area (Å²) >= 11 is 7.63. The first kappa shape index (κ1) is 33.6. The zero-order valence-corrected chi connectivity index (χ0v) is 28.7. The molecule has 2 atom stereocenters. The molecule has 1 amide bonds. The van der Waals surface area contributed by atoms with Crippen LogP contribution in [0.2, 0.25) is 5.02 Å². The Morgan fingerprint density at radius 2 is 2.04 bits per heavy atom. The van der Waals surface area contributed by atoms with Gasteiger partial charge < -0.3 is 19.5 Å². The standard InChI is InChI=1S/C34H34ClF3N6O4S/c1-33(2,3)48-32(46)42-30-21(11-39)24-19(5-6-23(37)28(24)49-30)25-22(35)9-20-27(26(25)38)40-31(41-29(20)43-12-17(13-43)15-45)47-16-34-7-4-8-44(34)14-18(36)10-34/h5-6,9,17-18,45H,4,7-8,10,12-16H2,1-3H3,(H,42,46)/t18-,34+/m1/s1. The zero-order chi connectivity index (χ0) is 34.8. The van der Waals surface area contributed by atoms with Crippen molar-refractivity contribution in [2.45, 2.75) is 57.3 Å². The van der Waals surface area contributed by atoms with Crippen LogP contribution in [0.15, 0.2) is 18.2 Å². The number of anilines is 2. The van der Waals surface area contributed by atoms with Crippen LogP contribution in [0.25, 0.3) is 32.1 Å². The summed E-state index contributed by atoms with van der Waals surface area (Å²) in [5.74, 6) is -1.13. The Morgan fingerprint density at radius 3 is 2.76 bits per heavy atom. The number of halogens is 4. The number of amides is 1. The molecule has 2 aromatic heterocycles. The Balaban J connectivity index is 1.34. The molecule has 5 heterocycles. The lowest BCUT2D eigenvalue weighted by atomic mass is 9.95. The van der Waals surface area contributed by atoms with Crippen LogP contribution in [0.5, 0.6) is 6.01 Å². The first-order valence-corrected chi connectivity index (χ1v) is 17.2. The Kier molecular flexibility index (Phi) is 8.54. The number of fused-ring (bicyclic) bond motifs is 3. The summed E-state index contributed by atoms with van der Waals surface area (Å²) in [4.78, 5) is 25.7. The Labute approximate surface area is 289 Å². The molecule has 0 spiro atoms. The van der Waals surface area contributed by atoms with Gasteiger partial charge >= 0.3 is 12.1 Å². The van der Waals surface area contributed by atoms with E-state index in [0.29, 0.717) is 37.3 Å². The summed E-state index contributed by atoms with van der Waals surface area (Å²) < 4.78 is 58.1. The first-order valence-electron chi connectivity index (χ1n) is 16.0. The molecule has 15 heteroatoms. The Hall–Kier alpha value is -3.90. The maximum Gasteiger partial charge on any atom is 0.412 e. The van der Waals surface area contributed by atoms with Crippen molar-refractivity contribution < 1.29 is 32.5 Å². The second-order valence-corrected chi connectivity index (χ2v) is 15.4. The zero-order valence-electron chi connectivity index (χ0n) is 27.1. The Bertz CT molecular complexity index is 2030. The molecule has 0 saturated carbocycles. The predicted octanol–water partition coefficient (Wildman–Crippen LogP) is 7.05. The van der Waals surface area contributed by atoms with Gasteiger partial charge in [-0.3, -0.25) is 10.2 Å². The normalized spacial score (nSPS) is 21.2. The fraction of sp³-hybridized carbons (Fsp3) is 0.471. The number of thiophene rings is 1. The predicted molar refractivity (Wildman–Crippen MR) is 181 cm³/mol. The van der Waals surface area contributed by atoms with Gasteiger partial charge in [0.25, 0.3) is 0 Å². The molecule has 10 nitrogen and oxygen atoms in total. The van der Waals surface area contributed by atoms with Gasteiger partial charge in [0.05, 0.1) is 20.8 Å². The number of aromatic nitrogens is 2. The smallest absolute Gasteiger partial charge is 0.412 e. The molecule has 2 N–H and O–H groups in total. The van der Waals surface area contributed by atoms with Crippen molar-refractivity contribution in [3.05, 3.63) is 40.4 Å². The average Bonchev–Trinajstić information content (AvgIpc) is 3.66. The van der Waals surface area contributed by atoms with Crippen LogP contribution in [0.4, 0.5) is 28.8 Å². The molecule has 3 saturated heterocycles. The lowest BCUT2D eigenvalue weighted by Gasteiger charge is -2.39. The van der Waals surface area contributed by atoms with Crippen molar-refractivity contribution in [2.24, 2.45) is 5.92 Å². The molecule has 49 heavy (non-hydrogen) atoms. The largest absolute Gasteiger partial charge is 0.461 e. The molecular formula is C34H34ClF3N6O4S. The van der Waals surface area contributed by atoms with Crippen molar-refractivity contribution in [1.82, 2.24) is 14.9 Å². The van der Waals surface area contributed by atoms with E-state index < -0.39 is 35.0 Å². The highest BCUT2D eigenvalue weighted by molar-refractivity contribution is 7.23. The third-order valence-electron chi connectivity index (χ3n) is 9.37. The molecule has 258 valence electrons. The van der Waals surface area contributed by atoms with Crippen LogP contribution in [0.1, 0.15) is 45.6 Å². The summed E-state index contributed by atoms with van der Waals surface area (Å²) in [6.07, 6.45) is 0.219. The number of carbonyl (C=O) groups excluding carboxylic acids is 1. The van der Waals surface area contributed by atoms with Gasteiger partial charge in [0.15, 0.2) is 5.82 Å². The average molecular weight is 715 g/mol. The number of ether oxygens (including phenoxy) is 2. The van der Waals surface area contributed by atoms with Crippen LogP contribution in [0, 0.1) is 28.9 Å². The number of hydrogen-bond acceptors (Lipinski definition) is 10. The number of aliphatic hydroxyl groups is 1. The minimum atomic E-state index is -0.960. The van der Waals surface area contributed by atoms with Crippen LogP contribution in [-0.2, 0) is 4.74 Å². The summed E-state index contributed by atoms with van der Waals surface area (Å²) in [5, 5.41) is 22.7. The van der Waals surface area contributed by atoms with Crippen LogP contribution >= 0.6 is 22.9 Å². The van der Waals surface area contributed by atoms with Gasteiger partial charge in [0.1, 0.15) is 46.6 Å². The maximum absolute atomic E-state index is 17.0. The van der Waals surface area contributed by atoms with E-state index in [-0.39, 0.29) is 67.5 Å². The maximum atomic E-state index is 17.0. The number of benzene rings is 2. The van der Waals surface area contributed by atoms with Gasteiger partial charge in [-0.15, -0.1) is 11.3 Å². The highest BCUT2D eigenvalue weighted by atomic mass is 35.5. The number of nitriles is 1. The molecule has 7 rings (SSSR count). The fourth-order valence-electron chi connectivity index (χ4n) is 7.19. The third kappa shape index (κ3) is 6.00. The van der Waals surface area contributed by atoms with Crippen LogP contribution in [-0.4, -0.2) is 82.8 Å². The van der Waals surface area contributed by atoms with Gasteiger partial charge in [0.2, 0.25) is 0 Å². The first-order chi connectivity index (χ1) is 23.3. The topological polar surface area (TPSA) is 124 Å². The second-order valence-electron chi connectivity index (χ2n) is 13.9. The molecule has 3 fully saturated rings. The minimum absolute atomic E-state index is 0.0128. The summed E-state index contributed by atoms with van der Waals surface area (Å²) in [7, 11) is 0. The SMILES string of the molecule is CC(C)(C)OC(=O)Nc1sc2c(F)ccc(-c3c(Cl)cc4c(N5CC(CO)C5)nc(OC[C@@]56CCCN5C[C@H](F)C6)nc4c3F)c2c1C#N. The lowest BCUT2D eigenvalue weighted by Crippen LogP contribution is -2.49. The van der Waals surface area contributed by atoms with E-state index in [4.69, 9.17) is 21.1 Å². The van der Waals surface area contributed by atoms with Crippen LogP contribution < -0.4 is 15.0 Å². The van der Waals surface area contributed by atoms with E-state index in [1.54, 1.807) is 20.8 Å². The van der Waals surface area contributed by atoms with E-state index in [9.17, 15) is 19.6 Å². The van der Waals surface area contributed by atoms with Gasteiger partial charge in [-0.25, -0.2) is 18.0 Å². The molecule has 0 bridgehead atoms. The highest BCUT2D eigenvalue weighted by Crippen LogP contribution is 2.47. The van der Waals surface area contributed by atoms with Gasteiger partial charge in [-0.05, 0) is 57.9 Å². The van der Waals surface area contributed by atoms with E-state index in [1.165, 1.54) is 12.1 Å². The highest BCUT2D eigenvalue weighted by Gasteiger charge is 2.49. The van der Waals surface area contributed by atoms with Crippen molar-refractivity contribution >= 4 is 60.8 Å². The molecule has 3 aliphatic heterocycles. The molecule has 0 radical (unpaired) electrons. The van der Waals surface area contributed by atoms with E-state index >= 15 is 8.78 Å². The number of nitrogens with zero attached hydrogens (tertiary/aromatic N) is 5. The fourth-order valence-corrected chi connectivity index (χ4v) is 8.55. The van der Waals surface area contributed by atoms with Crippen molar-refractivity contribution in [3.8, 4) is 23.2 Å². The number of carbonyl (C=O) groups is 1. The quantitative estimate of drug-likeness (QED) is 0.207. The lowest BCUT2D eigenvalue weighted by molar-refractivity contribution is 0.0636. The van der Waals surface area contributed by atoms with E-state index in [1.807, 2.05) is 11.0 Å². The number of hydrogen-bond donors (Lipinski definition) is 2. The van der Waals surface area contributed by atoms with Gasteiger partial charge in [0, 0.05) is 54.9 Å². The summed E-state index contributed by atoms with van der Waals surface area (Å²) in [6.45, 7) is 7.21. The molecule has 4 aromatic rings. The van der Waals surface area contributed by atoms with Gasteiger partial charge in [-0.1, -0.05) is 17.7 Å². The number of nitrogens with one attached hydrogen (secondary N) is 1. The molecule has 0 unspecified atom stereocenters. The molecule has 0 aliphatic carbocycles. The van der Waals surface area contributed by atoms with Gasteiger partial charge in [-0.2, -0.15) is 15.2 Å².